The number of aromatic nitrogens is 3. The van der Waals surface area contributed by atoms with Crippen molar-refractivity contribution in [3.05, 3.63) is 65.6 Å². The summed E-state index contributed by atoms with van der Waals surface area (Å²) < 4.78 is 35.5. The molecule has 3 aromatic rings. The van der Waals surface area contributed by atoms with Crippen LogP contribution in [-0.2, 0) is 22.0 Å². The van der Waals surface area contributed by atoms with Crippen molar-refractivity contribution in [1.82, 2.24) is 19.5 Å². The highest BCUT2D eigenvalue weighted by Gasteiger charge is 2.28. The zero-order valence-electron chi connectivity index (χ0n) is 19.8. The summed E-state index contributed by atoms with van der Waals surface area (Å²) in [5.41, 5.74) is 2.35. The van der Waals surface area contributed by atoms with Gasteiger partial charge in [0.2, 0.25) is 5.03 Å². The molecule has 1 aliphatic rings. The number of benzene rings is 1. The highest BCUT2D eigenvalue weighted by molar-refractivity contribution is 7.90. The lowest BCUT2D eigenvalue weighted by Crippen LogP contribution is -2.38. The van der Waals surface area contributed by atoms with Gasteiger partial charge in [-0.05, 0) is 42.3 Å². The fourth-order valence-corrected chi connectivity index (χ4v) is 4.77. The summed E-state index contributed by atoms with van der Waals surface area (Å²) in [6, 6.07) is 10.3. The molecule has 4 rings (SSSR count). The van der Waals surface area contributed by atoms with Gasteiger partial charge in [-0.15, -0.1) is 0 Å². The SMILES string of the molecule is COc1ccc(C(C)(C)C)nc1S(=O)(=O)NC(=O)c1ccc(Cn2cccn2)c(N2CCC2)c1. The van der Waals surface area contributed by atoms with Gasteiger partial charge in [0.05, 0.1) is 13.7 Å². The van der Waals surface area contributed by atoms with Crippen molar-refractivity contribution in [1.29, 1.82) is 0 Å². The zero-order valence-corrected chi connectivity index (χ0v) is 20.6. The summed E-state index contributed by atoms with van der Waals surface area (Å²) in [7, 11) is -2.91. The molecule has 0 unspecified atom stereocenters. The second kappa shape index (κ2) is 9.09. The van der Waals surface area contributed by atoms with Crippen LogP contribution in [0.3, 0.4) is 0 Å². The molecule has 9 nitrogen and oxygen atoms in total. The smallest absolute Gasteiger partial charge is 0.285 e. The standard InChI is InChI=1S/C24H29N5O4S/c1-24(2,3)21-10-9-20(33-4)23(26-21)34(31,32)27-22(30)17-7-8-18(16-29-14-5-11-25-29)19(15-17)28-12-6-13-28/h5,7-11,14-15H,6,12-13,16H2,1-4H3,(H,27,30). The van der Waals surface area contributed by atoms with Crippen LogP contribution in [0.4, 0.5) is 5.69 Å². The number of methoxy groups -OCH3 is 1. The maximum atomic E-state index is 13.1. The van der Waals surface area contributed by atoms with Crippen molar-refractivity contribution in [3.63, 3.8) is 0 Å². The van der Waals surface area contributed by atoms with Crippen molar-refractivity contribution in [2.24, 2.45) is 0 Å². The maximum Gasteiger partial charge on any atom is 0.285 e. The van der Waals surface area contributed by atoms with Crippen LogP contribution in [0.25, 0.3) is 0 Å². The predicted molar refractivity (Wildman–Crippen MR) is 129 cm³/mol. The van der Waals surface area contributed by atoms with Crippen molar-refractivity contribution < 1.29 is 17.9 Å². The Morgan fingerprint density at radius 2 is 1.94 bits per heavy atom. The molecule has 2 aromatic heterocycles. The van der Waals surface area contributed by atoms with Gasteiger partial charge in [-0.25, -0.2) is 9.71 Å². The van der Waals surface area contributed by atoms with Gasteiger partial charge in [0.15, 0.2) is 5.75 Å². The number of ether oxygens (including phenoxy) is 1. The van der Waals surface area contributed by atoms with Gasteiger partial charge in [0.1, 0.15) is 0 Å². The molecule has 0 radical (unpaired) electrons. The average Bonchev–Trinajstić information content (AvgIpc) is 3.25. The molecule has 1 fully saturated rings. The minimum atomic E-state index is -4.27. The van der Waals surface area contributed by atoms with Gasteiger partial charge in [0.25, 0.3) is 15.9 Å². The first-order chi connectivity index (χ1) is 16.1. The topological polar surface area (TPSA) is 106 Å². The third kappa shape index (κ3) is 4.91. The molecule has 0 bridgehead atoms. The first-order valence-electron chi connectivity index (χ1n) is 11.1. The van der Waals surface area contributed by atoms with E-state index < -0.39 is 15.9 Å². The summed E-state index contributed by atoms with van der Waals surface area (Å²) in [5.74, 6) is -0.651. The summed E-state index contributed by atoms with van der Waals surface area (Å²) in [6.07, 6.45) is 4.66. The number of sulfonamides is 1. The highest BCUT2D eigenvalue weighted by atomic mass is 32.2. The van der Waals surface area contributed by atoms with Gasteiger partial charge in [-0.2, -0.15) is 13.5 Å². The number of carbonyl (C=O) groups excluding carboxylic acids is 1. The quantitative estimate of drug-likeness (QED) is 0.551. The van der Waals surface area contributed by atoms with Gasteiger partial charge >= 0.3 is 0 Å². The second-order valence-corrected chi connectivity index (χ2v) is 10.9. The Morgan fingerprint density at radius 3 is 2.53 bits per heavy atom. The molecule has 0 spiro atoms. The number of amides is 1. The highest BCUT2D eigenvalue weighted by Crippen LogP contribution is 2.29. The van der Waals surface area contributed by atoms with Gasteiger partial charge in [0, 0.05) is 47.8 Å². The summed E-state index contributed by atoms with van der Waals surface area (Å²) in [5, 5.41) is 3.95. The molecule has 0 aliphatic carbocycles. The van der Waals surface area contributed by atoms with E-state index in [9.17, 15) is 13.2 Å². The van der Waals surface area contributed by atoms with E-state index in [-0.39, 0.29) is 21.8 Å². The van der Waals surface area contributed by atoms with E-state index in [0.717, 1.165) is 30.8 Å². The Labute approximate surface area is 199 Å². The van der Waals surface area contributed by atoms with Crippen molar-refractivity contribution in [2.75, 3.05) is 25.1 Å². The zero-order chi connectivity index (χ0) is 24.5. The van der Waals surface area contributed by atoms with Crippen LogP contribution in [0.15, 0.2) is 53.8 Å². The molecule has 0 saturated carbocycles. The number of rotatable bonds is 7. The summed E-state index contributed by atoms with van der Waals surface area (Å²) >= 11 is 0. The fourth-order valence-electron chi connectivity index (χ4n) is 3.68. The van der Waals surface area contributed by atoms with Crippen LogP contribution in [0, 0.1) is 0 Å². The van der Waals surface area contributed by atoms with E-state index in [1.165, 1.54) is 7.11 Å². The molecular weight excluding hydrogens is 454 g/mol. The lowest BCUT2D eigenvalue weighted by Gasteiger charge is -2.35. The second-order valence-electron chi connectivity index (χ2n) is 9.28. The molecule has 1 amide bonds. The fraction of sp³-hybridized carbons (Fsp3) is 0.375. The number of anilines is 1. The number of nitrogens with one attached hydrogen (secondary N) is 1. The molecule has 34 heavy (non-hydrogen) atoms. The van der Waals surface area contributed by atoms with Crippen molar-refractivity contribution in [3.8, 4) is 5.75 Å². The van der Waals surface area contributed by atoms with Crippen LogP contribution in [0.2, 0.25) is 0 Å². The average molecular weight is 484 g/mol. The van der Waals surface area contributed by atoms with E-state index in [1.807, 2.05) is 43.8 Å². The van der Waals surface area contributed by atoms with E-state index in [0.29, 0.717) is 12.2 Å². The van der Waals surface area contributed by atoms with E-state index >= 15 is 0 Å². The Morgan fingerprint density at radius 1 is 1.18 bits per heavy atom. The molecular formula is C24H29N5O4S. The first kappa shape index (κ1) is 23.7. The maximum absolute atomic E-state index is 13.1. The van der Waals surface area contributed by atoms with Crippen LogP contribution in [0.5, 0.6) is 5.75 Å². The third-order valence-electron chi connectivity index (χ3n) is 5.73. The first-order valence-corrected chi connectivity index (χ1v) is 12.5. The number of hydrogen-bond acceptors (Lipinski definition) is 7. The van der Waals surface area contributed by atoms with Crippen LogP contribution in [-0.4, -0.2) is 49.3 Å². The normalized spacial score (nSPS) is 13.9. The van der Waals surface area contributed by atoms with Gasteiger partial charge in [-0.1, -0.05) is 26.8 Å². The molecule has 1 aliphatic heterocycles. The third-order valence-corrected chi connectivity index (χ3v) is 6.99. The Balaban J connectivity index is 1.63. The summed E-state index contributed by atoms with van der Waals surface area (Å²) in [6.45, 7) is 8.11. The molecule has 3 heterocycles. The van der Waals surface area contributed by atoms with Gasteiger partial charge in [-0.3, -0.25) is 9.48 Å². The minimum Gasteiger partial charge on any atom is -0.494 e. The van der Waals surface area contributed by atoms with Gasteiger partial charge < -0.3 is 9.64 Å². The summed E-state index contributed by atoms with van der Waals surface area (Å²) in [4.78, 5) is 19.5. The Kier molecular flexibility index (Phi) is 6.35. The molecule has 10 heteroatoms. The number of carbonyl (C=O) groups is 1. The number of pyridine rings is 1. The molecule has 1 N–H and O–H groups in total. The molecule has 1 saturated heterocycles. The number of hydrogen-bond donors (Lipinski definition) is 1. The Bertz CT molecular complexity index is 1290. The Hall–Kier alpha value is -3.40. The number of nitrogens with zero attached hydrogens (tertiary/aromatic N) is 4. The minimum absolute atomic E-state index is 0.0733. The van der Waals surface area contributed by atoms with E-state index in [2.05, 4.69) is 19.7 Å². The lowest BCUT2D eigenvalue weighted by molar-refractivity contribution is 0.0981. The lowest BCUT2D eigenvalue weighted by atomic mass is 9.92. The molecule has 180 valence electrons. The largest absolute Gasteiger partial charge is 0.494 e. The predicted octanol–water partition coefficient (Wildman–Crippen LogP) is 2.96. The van der Waals surface area contributed by atoms with Crippen LogP contribution < -0.4 is 14.4 Å². The van der Waals surface area contributed by atoms with E-state index in [4.69, 9.17) is 4.74 Å². The molecule has 0 atom stereocenters. The molecule has 1 aromatic carbocycles. The monoisotopic (exact) mass is 483 g/mol. The van der Waals surface area contributed by atoms with E-state index in [1.54, 1.807) is 30.5 Å². The van der Waals surface area contributed by atoms with Crippen LogP contribution >= 0.6 is 0 Å². The van der Waals surface area contributed by atoms with Crippen molar-refractivity contribution in [2.45, 2.75) is 44.2 Å². The van der Waals surface area contributed by atoms with Crippen molar-refractivity contribution >= 4 is 21.6 Å². The van der Waals surface area contributed by atoms with Crippen LogP contribution in [0.1, 0.15) is 48.8 Å².